The van der Waals surface area contributed by atoms with Crippen LogP contribution in [0.15, 0.2) is 53.4 Å². The predicted octanol–water partition coefficient (Wildman–Crippen LogP) is 2.68. The summed E-state index contributed by atoms with van der Waals surface area (Å²) < 4.78 is 38.1. The van der Waals surface area contributed by atoms with Gasteiger partial charge in [-0.15, -0.1) is 0 Å². The number of anilines is 1. The number of halogens is 1. The second-order valence-corrected chi connectivity index (χ2v) is 7.95. The third-order valence-electron chi connectivity index (χ3n) is 3.64. The molecule has 6 nitrogen and oxygen atoms in total. The normalized spacial score (nSPS) is 11.4. The molecule has 0 aliphatic carbocycles. The number of hydrogen-bond acceptors (Lipinski definition) is 4. The summed E-state index contributed by atoms with van der Waals surface area (Å²) in [6, 6.07) is 11.0. The number of carbonyl (C=O) groups excluding carboxylic acids is 2. The van der Waals surface area contributed by atoms with Crippen molar-refractivity contribution in [1.82, 2.24) is 4.31 Å². The van der Waals surface area contributed by atoms with Gasteiger partial charge in [0, 0.05) is 38.2 Å². The summed E-state index contributed by atoms with van der Waals surface area (Å²) in [5.41, 5.74) is 0.658. The molecule has 0 heterocycles. The number of hydrogen-bond donors (Lipinski definition) is 1. The van der Waals surface area contributed by atoms with E-state index >= 15 is 0 Å². The number of nitrogens with zero attached hydrogens (tertiary/aromatic N) is 1. The maximum atomic E-state index is 12.9. The SMILES string of the molecule is CN(C)S(=O)(=O)c1cccc(NC(=O)CCC(=O)c2ccc(F)cc2)c1. The van der Waals surface area contributed by atoms with Gasteiger partial charge in [0.2, 0.25) is 15.9 Å². The minimum atomic E-state index is -3.60. The van der Waals surface area contributed by atoms with Crippen molar-refractivity contribution >= 4 is 27.4 Å². The van der Waals surface area contributed by atoms with Crippen molar-refractivity contribution in [3.8, 4) is 0 Å². The zero-order valence-electron chi connectivity index (χ0n) is 14.4. The minimum absolute atomic E-state index is 0.0346. The van der Waals surface area contributed by atoms with E-state index in [2.05, 4.69) is 5.32 Å². The van der Waals surface area contributed by atoms with Gasteiger partial charge in [-0.05, 0) is 42.5 Å². The molecule has 2 aromatic carbocycles. The van der Waals surface area contributed by atoms with E-state index in [0.717, 1.165) is 4.31 Å². The van der Waals surface area contributed by atoms with Crippen molar-refractivity contribution in [2.75, 3.05) is 19.4 Å². The fraction of sp³-hybridized carbons (Fsp3) is 0.222. The summed E-state index contributed by atoms with van der Waals surface area (Å²) in [5.74, 6) is -1.13. The lowest BCUT2D eigenvalue weighted by Crippen LogP contribution is -2.22. The highest BCUT2D eigenvalue weighted by Gasteiger charge is 2.17. The number of Topliss-reactive ketones (excluding diaryl/α,β-unsaturated/α-hetero) is 1. The molecule has 1 N–H and O–H groups in total. The molecule has 2 rings (SSSR count). The Morgan fingerprint density at radius 1 is 1.04 bits per heavy atom. The number of ketones is 1. The molecule has 0 fully saturated rings. The molecule has 8 heteroatoms. The lowest BCUT2D eigenvalue weighted by atomic mass is 10.1. The molecular weight excluding hydrogens is 359 g/mol. The fourth-order valence-corrected chi connectivity index (χ4v) is 3.12. The summed E-state index contributed by atoms with van der Waals surface area (Å²) in [4.78, 5) is 24.1. The quantitative estimate of drug-likeness (QED) is 0.751. The van der Waals surface area contributed by atoms with Crippen molar-refractivity contribution in [3.05, 3.63) is 59.9 Å². The van der Waals surface area contributed by atoms with Gasteiger partial charge in [-0.1, -0.05) is 6.07 Å². The third-order valence-corrected chi connectivity index (χ3v) is 5.45. The van der Waals surface area contributed by atoms with E-state index in [0.29, 0.717) is 11.3 Å². The Balaban J connectivity index is 1.98. The van der Waals surface area contributed by atoms with Crippen LogP contribution >= 0.6 is 0 Å². The van der Waals surface area contributed by atoms with Crippen molar-refractivity contribution in [2.24, 2.45) is 0 Å². The van der Waals surface area contributed by atoms with Crippen LogP contribution in [0.4, 0.5) is 10.1 Å². The largest absolute Gasteiger partial charge is 0.326 e. The maximum Gasteiger partial charge on any atom is 0.242 e. The Hall–Kier alpha value is -2.58. The molecule has 0 aliphatic heterocycles. The summed E-state index contributed by atoms with van der Waals surface area (Å²) in [6.45, 7) is 0. The predicted molar refractivity (Wildman–Crippen MR) is 95.9 cm³/mol. The van der Waals surface area contributed by atoms with Gasteiger partial charge in [-0.2, -0.15) is 0 Å². The summed E-state index contributed by atoms with van der Waals surface area (Å²) in [7, 11) is -0.767. The molecule has 2 aromatic rings. The second kappa shape index (κ2) is 8.20. The number of nitrogens with one attached hydrogen (secondary N) is 1. The first-order chi connectivity index (χ1) is 12.2. The van der Waals surface area contributed by atoms with Crippen LogP contribution in [0.3, 0.4) is 0 Å². The van der Waals surface area contributed by atoms with Crippen LogP contribution in [-0.4, -0.2) is 38.5 Å². The summed E-state index contributed by atoms with van der Waals surface area (Å²) >= 11 is 0. The highest BCUT2D eigenvalue weighted by molar-refractivity contribution is 7.89. The van der Waals surface area contributed by atoms with E-state index in [9.17, 15) is 22.4 Å². The Bertz CT molecular complexity index is 909. The van der Waals surface area contributed by atoms with Crippen molar-refractivity contribution in [1.29, 1.82) is 0 Å². The number of rotatable bonds is 7. The molecular formula is C18H19FN2O4S. The summed E-state index contributed by atoms with van der Waals surface area (Å²) in [6.07, 6.45) is -0.103. The van der Waals surface area contributed by atoms with Crippen LogP contribution in [0.25, 0.3) is 0 Å². The fourth-order valence-electron chi connectivity index (χ4n) is 2.18. The Labute approximate surface area is 151 Å². The van der Waals surface area contributed by atoms with Gasteiger partial charge in [0.25, 0.3) is 0 Å². The number of amides is 1. The third kappa shape index (κ3) is 4.96. The van der Waals surface area contributed by atoms with Gasteiger partial charge >= 0.3 is 0 Å². The van der Waals surface area contributed by atoms with Crippen LogP contribution in [0.2, 0.25) is 0 Å². The molecule has 0 saturated carbocycles. The van der Waals surface area contributed by atoms with Crippen molar-refractivity contribution in [3.63, 3.8) is 0 Å². The molecule has 1 amide bonds. The van der Waals surface area contributed by atoms with E-state index in [1.54, 1.807) is 6.07 Å². The standard InChI is InChI=1S/C18H19FN2O4S/c1-21(2)26(24,25)16-5-3-4-15(12-16)20-18(23)11-10-17(22)13-6-8-14(19)9-7-13/h3-9,12H,10-11H2,1-2H3,(H,20,23). The van der Waals surface area contributed by atoms with E-state index in [1.807, 2.05) is 0 Å². The molecule has 0 atom stereocenters. The van der Waals surface area contributed by atoms with Crippen LogP contribution in [0.5, 0.6) is 0 Å². The van der Waals surface area contributed by atoms with Gasteiger partial charge in [0.05, 0.1) is 4.90 Å². The van der Waals surface area contributed by atoms with Gasteiger partial charge in [-0.25, -0.2) is 17.1 Å². The zero-order chi connectivity index (χ0) is 19.3. The van der Waals surface area contributed by atoms with Crippen molar-refractivity contribution < 1.29 is 22.4 Å². The summed E-state index contributed by atoms with van der Waals surface area (Å²) in [5, 5.41) is 2.58. The molecule has 0 saturated heterocycles. The van der Waals surface area contributed by atoms with Gasteiger partial charge < -0.3 is 5.32 Å². The highest BCUT2D eigenvalue weighted by Crippen LogP contribution is 2.18. The first kappa shape index (κ1) is 19.7. The monoisotopic (exact) mass is 378 g/mol. The zero-order valence-corrected chi connectivity index (χ0v) is 15.2. The smallest absolute Gasteiger partial charge is 0.242 e. The Kier molecular flexibility index (Phi) is 6.23. The lowest BCUT2D eigenvalue weighted by molar-refractivity contribution is -0.116. The Morgan fingerprint density at radius 3 is 2.31 bits per heavy atom. The average Bonchev–Trinajstić information content (AvgIpc) is 2.60. The molecule has 0 bridgehead atoms. The highest BCUT2D eigenvalue weighted by atomic mass is 32.2. The van der Waals surface area contributed by atoms with E-state index in [-0.39, 0.29) is 23.5 Å². The van der Waals surface area contributed by atoms with Gasteiger partial charge in [0.15, 0.2) is 5.78 Å². The van der Waals surface area contributed by atoms with Crippen molar-refractivity contribution in [2.45, 2.75) is 17.7 Å². The van der Waals surface area contributed by atoms with Crippen LogP contribution < -0.4 is 5.32 Å². The second-order valence-electron chi connectivity index (χ2n) is 5.79. The van der Waals surface area contributed by atoms with E-state index in [4.69, 9.17) is 0 Å². The Morgan fingerprint density at radius 2 is 1.69 bits per heavy atom. The van der Waals surface area contributed by atoms with Crippen LogP contribution in [-0.2, 0) is 14.8 Å². The lowest BCUT2D eigenvalue weighted by Gasteiger charge is -2.12. The average molecular weight is 378 g/mol. The van der Waals surface area contributed by atoms with Crippen LogP contribution in [0.1, 0.15) is 23.2 Å². The van der Waals surface area contributed by atoms with Gasteiger partial charge in [-0.3, -0.25) is 9.59 Å². The molecule has 0 aromatic heterocycles. The first-order valence-electron chi connectivity index (χ1n) is 7.81. The number of benzene rings is 2. The molecule has 0 unspecified atom stereocenters. The first-order valence-corrected chi connectivity index (χ1v) is 9.25. The molecule has 0 radical (unpaired) electrons. The van der Waals surface area contributed by atoms with Gasteiger partial charge in [0.1, 0.15) is 5.82 Å². The number of carbonyl (C=O) groups is 2. The van der Waals surface area contributed by atoms with Crippen LogP contribution in [0, 0.1) is 5.82 Å². The maximum absolute atomic E-state index is 12.9. The molecule has 26 heavy (non-hydrogen) atoms. The molecule has 138 valence electrons. The molecule has 0 aliphatic rings. The number of sulfonamides is 1. The van der Waals surface area contributed by atoms with E-state index in [1.165, 1.54) is 56.6 Å². The topological polar surface area (TPSA) is 83.6 Å². The minimum Gasteiger partial charge on any atom is -0.326 e. The molecule has 0 spiro atoms. The van der Waals surface area contributed by atoms with E-state index < -0.39 is 21.7 Å².